The van der Waals surface area contributed by atoms with Crippen LogP contribution in [0, 0.1) is 0 Å². The van der Waals surface area contributed by atoms with Crippen LogP contribution in [0.3, 0.4) is 0 Å². The number of nitrogens with one attached hydrogen (secondary N) is 2. The van der Waals surface area contributed by atoms with Gasteiger partial charge in [-0.3, -0.25) is 5.32 Å². The molecule has 2 aromatic carbocycles. The van der Waals surface area contributed by atoms with Gasteiger partial charge >= 0.3 is 6.03 Å². The summed E-state index contributed by atoms with van der Waals surface area (Å²) in [6, 6.07) is 11.6. The predicted molar refractivity (Wildman–Crippen MR) is 138 cm³/mol. The van der Waals surface area contributed by atoms with Gasteiger partial charge in [-0.15, -0.1) is 0 Å². The van der Waals surface area contributed by atoms with Crippen molar-refractivity contribution in [3.05, 3.63) is 54.5 Å². The molecule has 2 amide bonds. The Kier molecular flexibility index (Phi) is 7.73. The SMILES string of the molecule is COCCOc1cc2ncnc(Oc3cccc(NC(=O)Nc4cc(C(C)(C)C)no4)c3)c2cc1OC. The topological polar surface area (TPSA) is 130 Å². The third kappa shape index (κ3) is 6.44. The van der Waals surface area contributed by atoms with Crippen LogP contribution in [0.4, 0.5) is 16.4 Å². The highest BCUT2D eigenvalue weighted by molar-refractivity contribution is 5.99. The Bertz CT molecular complexity index is 1380. The second kappa shape index (κ2) is 11.1. The molecule has 4 aromatic rings. The largest absolute Gasteiger partial charge is 0.493 e. The fraction of sp³-hybridized carbons (Fsp3) is 0.308. The molecule has 4 rings (SSSR count). The van der Waals surface area contributed by atoms with Crippen molar-refractivity contribution in [3.8, 4) is 23.1 Å². The minimum Gasteiger partial charge on any atom is -0.493 e. The quantitative estimate of drug-likeness (QED) is 0.287. The van der Waals surface area contributed by atoms with Gasteiger partial charge in [0.2, 0.25) is 11.8 Å². The van der Waals surface area contributed by atoms with Gasteiger partial charge in [0, 0.05) is 36.4 Å². The fourth-order valence-corrected chi connectivity index (χ4v) is 3.34. The molecule has 0 atom stereocenters. The highest BCUT2D eigenvalue weighted by atomic mass is 16.5. The van der Waals surface area contributed by atoms with E-state index < -0.39 is 6.03 Å². The summed E-state index contributed by atoms with van der Waals surface area (Å²) >= 11 is 0. The number of carbonyl (C=O) groups is 1. The molecule has 11 nitrogen and oxygen atoms in total. The average Bonchev–Trinajstić information content (AvgIpc) is 3.33. The van der Waals surface area contributed by atoms with Crippen LogP contribution < -0.4 is 24.8 Å². The Balaban J connectivity index is 1.49. The van der Waals surface area contributed by atoms with Crippen LogP contribution in [0.15, 0.2) is 53.3 Å². The molecule has 37 heavy (non-hydrogen) atoms. The number of amides is 2. The molecule has 0 saturated heterocycles. The molecule has 0 radical (unpaired) electrons. The van der Waals surface area contributed by atoms with Crippen LogP contribution in [0.1, 0.15) is 26.5 Å². The van der Waals surface area contributed by atoms with Gasteiger partial charge in [-0.2, -0.15) is 0 Å². The van der Waals surface area contributed by atoms with Crippen LogP contribution in [0.5, 0.6) is 23.1 Å². The molecule has 0 fully saturated rings. The Morgan fingerprint density at radius 2 is 1.84 bits per heavy atom. The van der Waals surface area contributed by atoms with Crippen molar-refractivity contribution in [1.82, 2.24) is 15.1 Å². The number of fused-ring (bicyclic) bond motifs is 1. The Labute approximate surface area is 214 Å². The van der Waals surface area contributed by atoms with E-state index in [0.717, 1.165) is 5.69 Å². The van der Waals surface area contributed by atoms with Crippen molar-refractivity contribution in [3.63, 3.8) is 0 Å². The molecule has 2 N–H and O–H groups in total. The molecular weight excluding hydrogens is 478 g/mol. The van der Waals surface area contributed by atoms with E-state index >= 15 is 0 Å². The molecule has 2 aromatic heterocycles. The molecule has 11 heteroatoms. The number of aromatic nitrogens is 3. The van der Waals surface area contributed by atoms with E-state index in [4.69, 9.17) is 23.5 Å². The first-order valence-electron chi connectivity index (χ1n) is 11.5. The highest BCUT2D eigenvalue weighted by Gasteiger charge is 2.20. The number of carbonyl (C=O) groups excluding carboxylic acids is 1. The lowest BCUT2D eigenvalue weighted by Gasteiger charge is -2.13. The molecule has 0 aliphatic rings. The summed E-state index contributed by atoms with van der Waals surface area (Å²) in [5, 5.41) is 10.0. The minimum absolute atomic E-state index is 0.195. The van der Waals surface area contributed by atoms with Crippen LogP contribution in [0.25, 0.3) is 10.9 Å². The number of rotatable bonds is 9. The van der Waals surface area contributed by atoms with E-state index in [0.29, 0.717) is 52.9 Å². The number of benzene rings is 2. The zero-order valence-corrected chi connectivity index (χ0v) is 21.3. The number of anilines is 2. The van der Waals surface area contributed by atoms with E-state index in [9.17, 15) is 4.79 Å². The van der Waals surface area contributed by atoms with Gasteiger partial charge in [0.1, 0.15) is 18.7 Å². The van der Waals surface area contributed by atoms with Gasteiger partial charge in [-0.05, 0) is 18.2 Å². The van der Waals surface area contributed by atoms with Crippen molar-refractivity contribution in [2.75, 3.05) is 38.1 Å². The van der Waals surface area contributed by atoms with E-state index in [-0.39, 0.29) is 11.3 Å². The van der Waals surface area contributed by atoms with Crippen molar-refractivity contribution >= 4 is 28.5 Å². The normalized spacial score (nSPS) is 11.3. The zero-order valence-electron chi connectivity index (χ0n) is 21.3. The van der Waals surface area contributed by atoms with E-state index in [1.54, 1.807) is 56.7 Å². The molecule has 0 aliphatic heterocycles. The third-order valence-electron chi connectivity index (χ3n) is 5.25. The summed E-state index contributed by atoms with van der Waals surface area (Å²) in [7, 11) is 3.16. The second-order valence-electron chi connectivity index (χ2n) is 9.08. The van der Waals surface area contributed by atoms with Crippen LogP contribution in [-0.4, -0.2) is 48.6 Å². The summed E-state index contributed by atoms with van der Waals surface area (Å²) in [4.78, 5) is 21.1. The Hall–Kier alpha value is -4.38. The Morgan fingerprint density at radius 1 is 1.00 bits per heavy atom. The van der Waals surface area contributed by atoms with E-state index in [2.05, 4.69) is 25.8 Å². The van der Waals surface area contributed by atoms with Gasteiger partial charge in [0.15, 0.2) is 11.5 Å². The molecular formula is C26H29N5O6. The summed E-state index contributed by atoms with van der Waals surface area (Å²) in [5.41, 5.74) is 1.67. The third-order valence-corrected chi connectivity index (χ3v) is 5.25. The maximum Gasteiger partial charge on any atom is 0.326 e. The van der Waals surface area contributed by atoms with E-state index in [1.165, 1.54) is 6.33 Å². The number of ether oxygens (including phenoxy) is 4. The number of hydrogen-bond donors (Lipinski definition) is 2. The number of hydrogen-bond acceptors (Lipinski definition) is 9. The molecule has 0 aliphatic carbocycles. The molecule has 2 heterocycles. The number of urea groups is 1. The maximum atomic E-state index is 12.5. The maximum absolute atomic E-state index is 12.5. The summed E-state index contributed by atoms with van der Waals surface area (Å²) in [5.74, 6) is 2.09. The first kappa shape index (κ1) is 25.7. The van der Waals surface area contributed by atoms with Crippen molar-refractivity contribution < 1.29 is 28.3 Å². The molecule has 0 bridgehead atoms. The summed E-state index contributed by atoms with van der Waals surface area (Å²) in [6.07, 6.45) is 1.40. The predicted octanol–water partition coefficient (Wildman–Crippen LogP) is 5.39. The molecule has 0 spiro atoms. The Morgan fingerprint density at radius 3 is 2.57 bits per heavy atom. The highest BCUT2D eigenvalue weighted by Crippen LogP contribution is 2.36. The number of nitrogens with zero attached hydrogens (tertiary/aromatic N) is 3. The second-order valence-corrected chi connectivity index (χ2v) is 9.08. The van der Waals surface area contributed by atoms with Crippen molar-refractivity contribution in [2.45, 2.75) is 26.2 Å². The van der Waals surface area contributed by atoms with Gasteiger partial charge < -0.3 is 28.8 Å². The smallest absolute Gasteiger partial charge is 0.326 e. The lowest BCUT2D eigenvalue weighted by molar-refractivity contribution is 0.144. The van der Waals surface area contributed by atoms with Gasteiger partial charge in [0.25, 0.3) is 0 Å². The minimum atomic E-state index is -0.480. The van der Waals surface area contributed by atoms with Crippen molar-refractivity contribution in [1.29, 1.82) is 0 Å². The first-order valence-corrected chi connectivity index (χ1v) is 11.5. The van der Waals surface area contributed by atoms with E-state index in [1.807, 2.05) is 20.8 Å². The standard InChI is InChI=1S/C26H29N5O6/c1-26(2,3)22-14-23(37-31-22)30-25(32)29-16-7-6-8-17(11-16)36-24-18-12-20(34-5)21(35-10-9-33-4)13-19(18)27-15-28-24/h6-8,11-15H,9-10H2,1-5H3,(H2,29,30,32). The van der Waals surface area contributed by atoms with Crippen molar-refractivity contribution in [2.24, 2.45) is 0 Å². The summed E-state index contributed by atoms with van der Waals surface area (Å²) < 4.78 is 27.5. The van der Waals surface area contributed by atoms with Gasteiger partial charge in [-0.1, -0.05) is 32.0 Å². The fourth-order valence-electron chi connectivity index (χ4n) is 3.34. The monoisotopic (exact) mass is 507 g/mol. The van der Waals surface area contributed by atoms with Crippen LogP contribution >= 0.6 is 0 Å². The summed E-state index contributed by atoms with van der Waals surface area (Å²) in [6.45, 7) is 6.83. The van der Waals surface area contributed by atoms with Crippen LogP contribution in [0.2, 0.25) is 0 Å². The first-order chi connectivity index (χ1) is 17.8. The molecule has 0 unspecified atom stereocenters. The van der Waals surface area contributed by atoms with Crippen LogP contribution in [-0.2, 0) is 10.2 Å². The lowest BCUT2D eigenvalue weighted by atomic mass is 9.92. The lowest BCUT2D eigenvalue weighted by Crippen LogP contribution is -2.19. The molecule has 0 saturated carbocycles. The van der Waals surface area contributed by atoms with Gasteiger partial charge in [-0.25, -0.2) is 14.8 Å². The number of methoxy groups -OCH3 is 2. The zero-order chi connectivity index (χ0) is 26.4. The average molecular weight is 508 g/mol. The van der Waals surface area contributed by atoms with Gasteiger partial charge in [0.05, 0.1) is 30.3 Å². The molecule has 194 valence electrons.